The normalized spacial score (nSPS) is 16.4. The van der Waals surface area contributed by atoms with E-state index in [1.807, 2.05) is 31.2 Å². The molecule has 1 aliphatic heterocycles. The van der Waals surface area contributed by atoms with E-state index in [2.05, 4.69) is 4.98 Å². The highest BCUT2D eigenvalue weighted by atomic mass is 16.5. The van der Waals surface area contributed by atoms with E-state index in [0.717, 1.165) is 11.4 Å². The molecule has 6 nitrogen and oxygen atoms in total. The summed E-state index contributed by atoms with van der Waals surface area (Å²) in [6.07, 6.45) is 1.72. The van der Waals surface area contributed by atoms with E-state index in [0.29, 0.717) is 29.7 Å². The Morgan fingerprint density at radius 3 is 2.92 bits per heavy atom. The first-order valence-electron chi connectivity index (χ1n) is 8.17. The molecule has 0 radical (unpaired) electrons. The molecule has 1 amide bonds. The number of ether oxygens (including phenoxy) is 1. The highest BCUT2D eigenvalue weighted by Crippen LogP contribution is 2.34. The summed E-state index contributed by atoms with van der Waals surface area (Å²) >= 11 is 0. The van der Waals surface area contributed by atoms with E-state index in [4.69, 9.17) is 13.6 Å². The van der Waals surface area contributed by atoms with Crippen molar-refractivity contribution >= 4 is 11.6 Å². The van der Waals surface area contributed by atoms with Crippen LogP contribution in [0.2, 0.25) is 0 Å². The number of para-hydroxylation sites is 2. The molecule has 0 N–H and O–H groups in total. The molecule has 0 unspecified atom stereocenters. The molecule has 25 heavy (non-hydrogen) atoms. The fraction of sp³-hybridized carbons (Fsp3) is 0.263. The van der Waals surface area contributed by atoms with Crippen LogP contribution in [0.5, 0.6) is 5.75 Å². The van der Waals surface area contributed by atoms with Crippen LogP contribution in [0.25, 0.3) is 11.7 Å². The summed E-state index contributed by atoms with van der Waals surface area (Å²) in [7, 11) is 0. The lowest BCUT2D eigenvalue weighted by Gasteiger charge is -2.35. The average Bonchev–Trinajstić information content (AvgIpc) is 3.25. The monoisotopic (exact) mass is 338 g/mol. The lowest BCUT2D eigenvalue weighted by atomic mass is 10.1. The zero-order valence-corrected chi connectivity index (χ0v) is 14.1. The summed E-state index contributed by atoms with van der Waals surface area (Å²) in [5, 5.41) is 0. The minimum Gasteiger partial charge on any atom is -0.489 e. The molecule has 0 fully saturated rings. The molecule has 0 saturated carbocycles. The number of furan rings is 1. The molecule has 0 bridgehead atoms. The summed E-state index contributed by atoms with van der Waals surface area (Å²) in [5.74, 6) is 2.24. The summed E-state index contributed by atoms with van der Waals surface area (Å²) in [5.41, 5.74) is 1.41. The Labute approximate surface area is 145 Å². The van der Waals surface area contributed by atoms with E-state index >= 15 is 0 Å². The van der Waals surface area contributed by atoms with Crippen molar-refractivity contribution in [3.05, 3.63) is 54.1 Å². The summed E-state index contributed by atoms with van der Waals surface area (Å²) in [4.78, 5) is 19.2. The molecule has 1 aromatic carbocycles. The number of hydrogen-bond donors (Lipinski definition) is 0. The van der Waals surface area contributed by atoms with Gasteiger partial charge in [-0.25, -0.2) is 4.98 Å². The summed E-state index contributed by atoms with van der Waals surface area (Å²) in [6, 6.07) is 11.1. The van der Waals surface area contributed by atoms with E-state index < -0.39 is 0 Å². The molecule has 4 rings (SSSR count). The van der Waals surface area contributed by atoms with Gasteiger partial charge >= 0.3 is 0 Å². The first-order valence-corrected chi connectivity index (χ1v) is 8.17. The maximum atomic E-state index is 13.0. The van der Waals surface area contributed by atoms with Crippen LogP contribution in [-0.2, 0) is 11.2 Å². The number of nitrogens with zero attached hydrogens (tertiary/aromatic N) is 2. The van der Waals surface area contributed by atoms with Gasteiger partial charge in [0.15, 0.2) is 5.76 Å². The lowest BCUT2D eigenvalue weighted by Crippen LogP contribution is -2.45. The van der Waals surface area contributed by atoms with Crippen LogP contribution in [0.15, 0.2) is 51.5 Å². The van der Waals surface area contributed by atoms with Crippen molar-refractivity contribution in [1.29, 1.82) is 0 Å². The van der Waals surface area contributed by atoms with Crippen LogP contribution in [0, 0.1) is 6.92 Å². The highest BCUT2D eigenvalue weighted by molar-refractivity contribution is 5.97. The fourth-order valence-corrected chi connectivity index (χ4v) is 3.01. The van der Waals surface area contributed by atoms with Gasteiger partial charge in [0.25, 0.3) is 5.89 Å². The number of carbonyl (C=O) groups excluding carboxylic acids is 1. The molecule has 128 valence electrons. The van der Waals surface area contributed by atoms with Gasteiger partial charge in [-0.2, -0.15) is 0 Å². The van der Waals surface area contributed by atoms with Gasteiger partial charge in [0, 0.05) is 0 Å². The zero-order chi connectivity index (χ0) is 17.4. The van der Waals surface area contributed by atoms with Crippen LogP contribution in [0.3, 0.4) is 0 Å². The molecule has 0 aliphatic carbocycles. The molecule has 6 heteroatoms. The van der Waals surface area contributed by atoms with Crippen LogP contribution in [0.1, 0.15) is 18.4 Å². The first kappa shape index (κ1) is 15.5. The second-order valence-corrected chi connectivity index (χ2v) is 6.07. The number of hydrogen-bond acceptors (Lipinski definition) is 5. The molecule has 2 aromatic heterocycles. The highest BCUT2D eigenvalue weighted by Gasteiger charge is 2.30. The molecule has 3 aromatic rings. The number of anilines is 1. The predicted octanol–water partition coefficient (Wildman–Crippen LogP) is 3.60. The van der Waals surface area contributed by atoms with Crippen molar-refractivity contribution in [2.24, 2.45) is 0 Å². The first-order chi connectivity index (χ1) is 12.1. The van der Waals surface area contributed by atoms with Gasteiger partial charge in [0.2, 0.25) is 5.91 Å². The lowest BCUT2D eigenvalue weighted by molar-refractivity contribution is -0.118. The van der Waals surface area contributed by atoms with Gasteiger partial charge in [-0.3, -0.25) is 4.79 Å². The Morgan fingerprint density at radius 1 is 1.28 bits per heavy atom. The van der Waals surface area contributed by atoms with Crippen LogP contribution < -0.4 is 9.64 Å². The standard InChI is InChI=1S/C19H18N2O4/c1-12-11-24-16-7-4-3-6-15(16)21(12)18(22)10-14-13(2)25-19(20-14)17-8-5-9-23-17/h3-9,12H,10-11H2,1-2H3/t12-/m0/s1. The third-order valence-electron chi connectivity index (χ3n) is 4.26. The minimum atomic E-state index is -0.0425. The van der Waals surface area contributed by atoms with E-state index in [1.54, 1.807) is 30.2 Å². The second-order valence-electron chi connectivity index (χ2n) is 6.07. The number of rotatable bonds is 3. The van der Waals surface area contributed by atoms with Crippen LogP contribution in [0.4, 0.5) is 5.69 Å². The van der Waals surface area contributed by atoms with Crippen molar-refractivity contribution in [3.63, 3.8) is 0 Å². The smallest absolute Gasteiger partial charge is 0.263 e. The minimum absolute atomic E-state index is 0.0364. The molecule has 1 aliphatic rings. The van der Waals surface area contributed by atoms with Gasteiger partial charge < -0.3 is 18.5 Å². The van der Waals surface area contributed by atoms with Crippen molar-refractivity contribution in [3.8, 4) is 17.4 Å². The van der Waals surface area contributed by atoms with Gasteiger partial charge in [-0.05, 0) is 38.1 Å². The van der Waals surface area contributed by atoms with Gasteiger partial charge in [-0.1, -0.05) is 12.1 Å². The third kappa shape index (κ3) is 2.80. The van der Waals surface area contributed by atoms with Crippen molar-refractivity contribution < 1.29 is 18.4 Å². The van der Waals surface area contributed by atoms with Gasteiger partial charge in [0.05, 0.1) is 30.1 Å². The maximum absolute atomic E-state index is 13.0. The molecular weight excluding hydrogens is 320 g/mol. The maximum Gasteiger partial charge on any atom is 0.263 e. The summed E-state index contributed by atoms with van der Waals surface area (Å²) < 4.78 is 16.7. The number of oxazole rings is 1. The number of amides is 1. The van der Waals surface area contributed by atoms with Crippen molar-refractivity contribution in [1.82, 2.24) is 4.98 Å². The zero-order valence-electron chi connectivity index (χ0n) is 14.1. The van der Waals surface area contributed by atoms with E-state index in [-0.39, 0.29) is 18.4 Å². The molecule has 1 atom stereocenters. The van der Waals surface area contributed by atoms with Gasteiger partial charge in [0.1, 0.15) is 18.1 Å². The number of aryl methyl sites for hydroxylation is 1. The molecule has 0 spiro atoms. The summed E-state index contributed by atoms with van der Waals surface area (Å²) in [6.45, 7) is 4.24. The van der Waals surface area contributed by atoms with Crippen molar-refractivity contribution in [2.45, 2.75) is 26.3 Å². The quantitative estimate of drug-likeness (QED) is 0.730. The number of aromatic nitrogens is 1. The molecule has 0 saturated heterocycles. The Balaban J connectivity index is 1.60. The average molecular weight is 338 g/mol. The number of benzene rings is 1. The van der Waals surface area contributed by atoms with Crippen molar-refractivity contribution in [2.75, 3.05) is 11.5 Å². The van der Waals surface area contributed by atoms with Gasteiger partial charge in [-0.15, -0.1) is 0 Å². The number of carbonyl (C=O) groups is 1. The Bertz CT molecular complexity index is 898. The van der Waals surface area contributed by atoms with E-state index in [9.17, 15) is 4.79 Å². The Kier molecular flexibility index (Phi) is 3.80. The molecular formula is C19H18N2O4. The fourth-order valence-electron chi connectivity index (χ4n) is 3.01. The Morgan fingerprint density at radius 2 is 2.12 bits per heavy atom. The number of fused-ring (bicyclic) bond motifs is 1. The van der Waals surface area contributed by atoms with E-state index in [1.165, 1.54) is 0 Å². The molecule has 3 heterocycles. The largest absolute Gasteiger partial charge is 0.489 e. The predicted molar refractivity (Wildman–Crippen MR) is 91.5 cm³/mol. The second kappa shape index (κ2) is 6.12. The third-order valence-corrected chi connectivity index (χ3v) is 4.26. The SMILES string of the molecule is Cc1oc(-c2ccco2)nc1CC(=O)N1c2ccccc2OC[C@@H]1C. The van der Waals surface area contributed by atoms with Crippen LogP contribution in [-0.4, -0.2) is 23.5 Å². The Hall–Kier alpha value is -3.02. The topological polar surface area (TPSA) is 68.7 Å². The van der Waals surface area contributed by atoms with Crippen LogP contribution >= 0.6 is 0 Å².